The van der Waals surface area contributed by atoms with E-state index in [1.165, 1.54) is 37.7 Å². The molecular formula is C22H29N3O3. The van der Waals surface area contributed by atoms with E-state index < -0.39 is 6.10 Å². The Bertz CT molecular complexity index is 781. The highest BCUT2D eigenvalue weighted by Gasteiger charge is 2.26. The molecule has 0 bridgehead atoms. The van der Waals surface area contributed by atoms with Crippen LogP contribution in [0.15, 0.2) is 28.8 Å². The van der Waals surface area contributed by atoms with Gasteiger partial charge in [0.1, 0.15) is 12.6 Å². The normalized spacial score (nSPS) is 21.7. The number of benzene rings is 1. The van der Waals surface area contributed by atoms with Crippen LogP contribution in [0.1, 0.15) is 80.1 Å². The zero-order valence-corrected chi connectivity index (χ0v) is 16.3. The van der Waals surface area contributed by atoms with E-state index in [4.69, 9.17) is 4.52 Å². The van der Waals surface area contributed by atoms with Gasteiger partial charge < -0.3 is 14.5 Å². The largest absolute Gasteiger partial charge is 0.383 e. The van der Waals surface area contributed by atoms with Crippen LogP contribution in [0.25, 0.3) is 0 Å². The van der Waals surface area contributed by atoms with Crippen LogP contribution in [0.4, 0.5) is 0 Å². The Hall–Kier alpha value is -2.21. The highest BCUT2D eigenvalue weighted by molar-refractivity contribution is 5.80. The number of likely N-dealkylation sites (tertiary alicyclic amines) is 1. The lowest BCUT2D eigenvalue weighted by Gasteiger charge is -2.22. The van der Waals surface area contributed by atoms with Crippen LogP contribution < -0.4 is 0 Å². The van der Waals surface area contributed by atoms with Crippen molar-refractivity contribution in [3.05, 3.63) is 47.1 Å². The molecule has 6 heteroatoms. The van der Waals surface area contributed by atoms with Crippen LogP contribution in [0.3, 0.4) is 0 Å². The number of aliphatic hydroxyl groups is 1. The Morgan fingerprint density at radius 3 is 2.57 bits per heavy atom. The molecule has 1 aromatic heterocycles. The molecule has 1 saturated carbocycles. The number of nitrogens with zero attached hydrogens (tertiary/aromatic N) is 3. The van der Waals surface area contributed by atoms with Gasteiger partial charge in [-0.1, -0.05) is 48.7 Å². The third kappa shape index (κ3) is 4.61. The summed E-state index contributed by atoms with van der Waals surface area (Å²) in [7, 11) is 0. The van der Waals surface area contributed by atoms with Gasteiger partial charge in [-0.3, -0.25) is 4.79 Å². The Labute approximate surface area is 165 Å². The van der Waals surface area contributed by atoms with Gasteiger partial charge in [0.25, 0.3) is 5.91 Å². The third-order valence-corrected chi connectivity index (χ3v) is 6.01. The lowest BCUT2D eigenvalue weighted by Crippen LogP contribution is -2.37. The Balaban J connectivity index is 1.36. The van der Waals surface area contributed by atoms with Gasteiger partial charge in [-0.15, -0.1) is 0 Å². The third-order valence-electron chi connectivity index (χ3n) is 6.01. The van der Waals surface area contributed by atoms with Gasteiger partial charge in [0.2, 0.25) is 5.89 Å². The fourth-order valence-corrected chi connectivity index (χ4v) is 4.36. The minimum atomic E-state index is -0.910. The van der Waals surface area contributed by atoms with E-state index in [1.807, 2.05) is 0 Å². The van der Waals surface area contributed by atoms with Gasteiger partial charge in [0.05, 0.1) is 0 Å². The highest BCUT2D eigenvalue weighted by Crippen LogP contribution is 2.32. The van der Waals surface area contributed by atoms with Crippen molar-refractivity contribution in [1.82, 2.24) is 15.0 Å². The molecule has 4 rings (SSSR count). The first-order chi connectivity index (χ1) is 13.7. The molecule has 2 aromatic rings. The van der Waals surface area contributed by atoms with Crippen LogP contribution in [-0.2, 0) is 17.8 Å². The molecule has 0 spiro atoms. The fourth-order valence-electron chi connectivity index (χ4n) is 4.36. The number of carbonyl (C=O) groups is 1. The van der Waals surface area contributed by atoms with Crippen molar-refractivity contribution in [2.24, 2.45) is 0 Å². The van der Waals surface area contributed by atoms with Crippen molar-refractivity contribution in [2.75, 3.05) is 6.54 Å². The Morgan fingerprint density at radius 1 is 1.04 bits per heavy atom. The molecular weight excluding hydrogens is 354 g/mol. The molecule has 1 unspecified atom stereocenters. The highest BCUT2D eigenvalue weighted by atomic mass is 16.5. The molecule has 1 aromatic carbocycles. The summed E-state index contributed by atoms with van der Waals surface area (Å²) in [6.45, 7) is 0.889. The molecule has 2 heterocycles. The summed E-state index contributed by atoms with van der Waals surface area (Å²) in [5, 5.41) is 13.9. The molecule has 1 atom stereocenters. The van der Waals surface area contributed by atoms with E-state index in [0.717, 1.165) is 18.4 Å². The number of rotatable bonds is 5. The van der Waals surface area contributed by atoms with Crippen LogP contribution in [0.2, 0.25) is 0 Å². The zero-order valence-electron chi connectivity index (χ0n) is 16.3. The van der Waals surface area contributed by atoms with Gasteiger partial charge in [0, 0.05) is 13.0 Å². The molecule has 6 nitrogen and oxygen atoms in total. The molecule has 1 amide bonds. The second-order valence-electron chi connectivity index (χ2n) is 8.13. The second-order valence-corrected chi connectivity index (χ2v) is 8.13. The molecule has 1 aliphatic carbocycles. The maximum atomic E-state index is 12.2. The molecule has 1 saturated heterocycles. The van der Waals surface area contributed by atoms with Gasteiger partial charge in [-0.05, 0) is 49.1 Å². The maximum Gasteiger partial charge on any atom is 0.251 e. The number of hydrogen-bond acceptors (Lipinski definition) is 5. The summed E-state index contributed by atoms with van der Waals surface area (Å²) in [5.41, 5.74) is 2.60. The van der Waals surface area contributed by atoms with E-state index in [0.29, 0.717) is 37.0 Å². The van der Waals surface area contributed by atoms with Crippen LogP contribution in [0.5, 0.6) is 0 Å². The number of carbonyl (C=O) groups excluding carboxylic acids is 1. The lowest BCUT2D eigenvalue weighted by atomic mass is 9.84. The fraction of sp³-hybridized carbons (Fsp3) is 0.591. The van der Waals surface area contributed by atoms with E-state index >= 15 is 0 Å². The quantitative estimate of drug-likeness (QED) is 0.854. The second kappa shape index (κ2) is 8.86. The minimum Gasteiger partial charge on any atom is -0.383 e. The number of amides is 1. The average Bonchev–Trinajstić information content (AvgIpc) is 3.11. The van der Waals surface area contributed by atoms with Gasteiger partial charge in [-0.2, -0.15) is 4.98 Å². The molecule has 2 fully saturated rings. The van der Waals surface area contributed by atoms with Crippen LogP contribution in [0, 0.1) is 0 Å². The van der Waals surface area contributed by atoms with E-state index in [9.17, 15) is 9.90 Å². The number of hydrogen-bond donors (Lipinski definition) is 1. The maximum absolute atomic E-state index is 12.2. The summed E-state index contributed by atoms with van der Waals surface area (Å²) in [6.07, 6.45) is 8.64. The molecule has 1 N–H and O–H groups in total. The van der Waals surface area contributed by atoms with Crippen molar-refractivity contribution in [3.8, 4) is 0 Å². The number of aromatic nitrogens is 2. The van der Waals surface area contributed by atoms with Crippen molar-refractivity contribution in [1.29, 1.82) is 0 Å². The molecule has 150 valence electrons. The zero-order chi connectivity index (χ0) is 19.3. The SMILES string of the molecule is O=C1C(O)CCCCN1Cc1nc(Cc2ccc(C3CCCCC3)cc2)no1. The van der Waals surface area contributed by atoms with Gasteiger partial charge >= 0.3 is 0 Å². The summed E-state index contributed by atoms with van der Waals surface area (Å²) in [4.78, 5) is 18.3. The molecule has 0 radical (unpaired) electrons. The van der Waals surface area contributed by atoms with Crippen LogP contribution in [-0.4, -0.2) is 38.7 Å². The minimum absolute atomic E-state index is 0.240. The van der Waals surface area contributed by atoms with Crippen molar-refractivity contribution in [2.45, 2.75) is 76.4 Å². The summed E-state index contributed by atoms with van der Waals surface area (Å²) < 4.78 is 5.35. The first-order valence-electron chi connectivity index (χ1n) is 10.6. The van der Waals surface area contributed by atoms with Crippen molar-refractivity contribution in [3.63, 3.8) is 0 Å². The lowest BCUT2D eigenvalue weighted by molar-refractivity contribution is -0.140. The Kier molecular flexibility index (Phi) is 6.05. The summed E-state index contributed by atoms with van der Waals surface area (Å²) >= 11 is 0. The van der Waals surface area contributed by atoms with E-state index in [2.05, 4.69) is 34.4 Å². The predicted octanol–water partition coefficient (Wildman–Crippen LogP) is 3.58. The number of aliphatic hydroxyl groups excluding tert-OH is 1. The van der Waals surface area contributed by atoms with Gasteiger partial charge in [0.15, 0.2) is 5.82 Å². The van der Waals surface area contributed by atoms with E-state index in [-0.39, 0.29) is 12.5 Å². The van der Waals surface area contributed by atoms with E-state index in [1.54, 1.807) is 4.90 Å². The van der Waals surface area contributed by atoms with Gasteiger partial charge in [-0.25, -0.2) is 0 Å². The summed E-state index contributed by atoms with van der Waals surface area (Å²) in [6, 6.07) is 8.80. The molecule has 1 aliphatic heterocycles. The monoisotopic (exact) mass is 383 g/mol. The smallest absolute Gasteiger partial charge is 0.251 e. The molecule has 28 heavy (non-hydrogen) atoms. The first kappa shape index (κ1) is 19.1. The topological polar surface area (TPSA) is 79.5 Å². The average molecular weight is 383 g/mol. The standard InChI is InChI=1S/C22H29N3O3/c26-19-8-4-5-13-25(22(19)27)15-21-23-20(24-28-21)14-16-9-11-18(12-10-16)17-6-2-1-3-7-17/h9-12,17,19,26H,1-8,13-15H2. The van der Waals surface area contributed by atoms with Crippen molar-refractivity contribution < 1.29 is 14.4 Å². The first-order valence-corrected chi connectivity index (χ1v) is 10.6. The molecule has 2 aliphatic rings. The Morgan fingerprint density at radius 2 is 1.79 bits per heavy atom. The summed E-state index contributed by atoms with van der Waals surface area (Å²) in [5.74, 6) is 1.52. The predicted molar refractivity (Wildman–Crippen MR) is 105 cm³/mol. The van der Waals surface area contributed by atoms with Crippen molar-refractivity contribution >= 4 is 5.91 Å². The van der Waals surface area contributed by atoms with Crippen LogP contribution >= 0.6 is 0 Å².